The van der Waals surface area contributed by atoms with E-state index in [4.69, 9.17) is 14.2 Å². The van der Waals surface area contributed by atoms with Crippen LogP contribution >= 0.6 is 0 Å². The van der Waals surface area contributed by atoms with Gasteiger partial charge in [-0.25, -0.2) is 0 Å². The summed E-state index contributed by atoms with van der Waals surface area (Å²) in [6, 6.07) is 0. The Kier molecular flexibility index (Phi) is 15.8. The first-order chi connectivity index (χ1) is 17.4. The molecular weight excluding hydrogens is 458 g/mol. The van der Waals surface area contributed by atoms with Gasteiger partial charge < -0.3 is 19.1 Å². The second kappa shape index (κ2) is 18.6. The van der Waals surface area contributed by atoms with E-state index < -0.39 is 0 Å². The molecule has 0 spiro atoms. The van der Waals surface area contributed by atoms with Crippen LogP contribution in [0.3, 0.4) is 0 Å². The van der Waals surface area contributed by atoms with Crippen LogP contribution in [0.2, 0.25) is 0 Å². The first kappa shape index (κ1) is 30.6. The smallest absolute Gasteiger partial charge is 0.306 e. The van der Waals surface area contributed by atoms with Crippen molar-refractivity contribution in [3.63, 3.8) is 0 Å². The highest BCUT2D eigenvalue weighted by atomic mass is 16.6. The highest BCUT2D eigenvalue weighted by molar-refractivity contribution is 5.70. The van der Waals surface area contributed by atoms with Crippen LogP contribution in [0.25, 0.3) is 0 Å². The Balaban J connectivity index is 1.61. The molecular formula is C29H51NO6. The first-order valence-corrected chi connectivity index (χ1v) is 14.7. The SMILES string of the molecule is CN(C)CCCC(=O)OC(CCCCCC(=O)OC1CCCC1)CCCCCC(=O)OC1CCCC1. The summed E-state index contributed by atoms with van der Waals surface area (Å²) in [6.45, 7) is 0.869. The second-order valence-corrected chi connectivity index (χ2v) is 11.0. The van der Waals surface area contributed by atoms with Gasteiger partial charge in [-0.1, -0.05) is 12.8 Å². The Morgan fingerprint density at radius 1 is 0.639 bits per heavy atom. The Hall–Kier alpha value is -1.63. The van der Waals surface area contributed by atoms with E-state index in [0.29, 0.717) is 19.3 Å². The number of esters is 3. The van der Waals surface area contributed by atoms with Gasteiger partial charge in [-0.2, -0.15) is 0 Å². The lowest BCUT2D eigenvalue weighted by Crippen LogP contribution is -2.20. The number of hydrogen-bond acceptors (Lipinski definition) is 7. The van der Waals surface area contributed by atoms with E-state index >= 15 is 0 Å². The van der Waals surface area contributed by atoms with Gasteiger partial charge in [0.25, 0.3) is 0 Å². The molecule has 0 aromatic heterocycles. The number of rotatable bonds is 19. The van der Waals surface area contributed by atoms with Gasteiger partial charge in [0.05, 0.1) is 0 Å². The highest BCUT2D eigenvalue weighted by Crippen LogP contribution is 2.23. The molecule has 0 aliphatic heterocycles. The number of hydrogen-bond donors (Lipinski definition) is 0. The van der Waals surface area contributed by atoms with Gasteiger partial charge in [-0.15, -0.1) is 0 Å². The number of unbranched alkanes of at least 4 members (excludes halogenated alkanes) is 4. The molecule has 0 aromatic carbocycles. The summed E-state index contributed by atoms with van der Waals surface area (Å²) in [5.74, 6) is -0.267. The topological polar surface area (TPSA) is 82.1 Å². The number of carbonyl (C=O) groups excluding carboxylic acids is 3. The van der Waals surface area contributed by atoms with E-state index in [1.165, 1.54) is 0 Å². The van der Waals surface area contributed by atoms with Crippen LogP contribution < -0.4 is 0 Å². The normalized spacial score (nSPS) is 16.7. The number of ether oxygens (including phenoxy) is 3. The molecule has 0 N–H and O–H groups in total. The molecule has 0 heterocycles. The van der Waals surface area contributed by atoms with Gasteiger partial charge >= 0.3 is 17.9 Å². The molecule has 2 aliphatic carbocycles. The van der Waals surface area contributed by atoms with Crippen LogP contribution in [0, 0.1) is 0 Å². The van der Waals surface area contributed by atoms with Gasteiger partial charge in [-0.05, 0) is 117 Å². The van der Waals surface area contributed by atoms with Crippen molar-refractivity contribution in [2.75, 3.05) is 20.6 Å². The van der Waals surface area contributed by atoms with Crippen molar-refractivity contribution in [1.82, 2.24) is 4.90 Å². The standard InChI is InChI=1S/C29H51NO6/c1-30(2)23-13-22-29(33)36-24(14-5-3-7-20-27(31)34-25-16-9-10-17-25)15-6-4-8-21-28(32)35-26-18-11-12-19-26/h24-26H,3-23H2,1-2H3. The molecule has 7 nitrogen and oxygen atoms in total. The molecule has 0 aromatic rings. The molecule has 0 atom stereocenters. The van der Waals surface area contributed by atoms with Gasteiger partial charge in [0.1, 0.15) is 18.3 Å². The fourth-order valence-electron chi connectivity index (χ4n) is 5.18. The Labute approximate surface area is 219 Å². The molecule has 0 unspecified atom stereocenters. The number of carbonyl (C=O) groups is 3. The maximum Gasteiger partial charge on any atom is 0.306 e. The van der Waals surface area contributed by atoms with Crippen molar-refractivity contribution in [1.29, 1.82) is 0 Å². The molecule has 2 aliphatic rings. The van der Waals surface area contributed by atoms with Crippen molar-refractivity contribution in [3.8, 4) is 0 Å². The molecule has 0 saturated heterocycles. The van der Waals surface area contributed by atoms with E-state index in [0.717, 1.165) is 116 Å². The van der Waals surface area contributed by atoms with Gasteiger partial charge in [0.2, 0.25) is 0 Å². The molecule has 0 bridgehead atoms. The monoisotopic (exact) mass is 509 g/mol. The summed E-state index contributed by atoms with van der Waals surface area (Å²) in [5.41, 5.74) is 0. The van der Waals surface area contributed by atoms with Crippen molar-refractivity contribution in [2.24, 2.45) is 0 Å². The van der Waals surface area contributed by atoms with E-state index in [1.807, 2.05) is 14.1 Å². The van der Waals surface area contributed by atoms with Crippen molar-refractivity contribution in [3.05, 3.63) is 0 Å². The van der Waals surface area contributed by atoms with Crippen molar-refractivity contribution in [2.45, 2.75) is 147 Å². The molecule has 2 fully saturated rings. The molecule has 0 radical (unpaired) electrons. The zero-order valence-corrected chi connectivity index (χ0v) is 23.0. The average Bonchev–Trinajstić information content (AvgIpc) is 3.52. The van der Waals surface area contributed by atoms with E-state index in [9.17, 15) is 14.4 Å². The molecule has 7 heteroatoms. The maximum absolute atomic E-state index is 12.4. The van der Waals surface area contributed by atoms with Gasteiger partial charge in [0, 0.05) is 19.3 Å². The summed E-state index contributed by atoms with van der Waals surface area (Å²) in [5, 5.41) is 0. The molecule has 0 amide bonds. The molecule has 208 valence electrons. The minimum Gasteiger partial charge on any atom is -0.462 e. The van der Waals surface area contributed by atoms with Crippen LogP contribution in [-0.4, -0.2) is 61.8 Å². The Morgan fingerprint density at radius 2 is 1.08 bits per heavy atom. The zero-order chi connectivity index (χ0) is 26.0. The largest absolute Gasteiger partial charge is 0.462 e. The van der Waals surface area contributed by atoms with E-state index in [1.54, 1.807) is 0 Å². The lowest BCUT2D eigenvalue weighted by Gasteiger charge is -2.18. The average molecular weight is 510 g/mol. The molecule has 36 heavy (non-hydrogen) atoms. The van der Waals surface area contributed by atoms with Crippen LogP contribution in [0.5, 0.6) is 0 Å². The zero-order valence-electron chi connectivity index (χ0n) is 23.0. The Morgan fingerprint density at radius 3 is 1.53 bits per heavy atom. The third kappa shape index (κ3) is 14.8. The number of nitrogens with zero attached hydrogens (tertiary/aromatic N) is 1. The third-order valence-electron chi connectivity index (χ3n) is 7.30. The fraction of sp³-hybridized carbons (Fsp3) is 0.897. The highest BCUT2D eigenvalue weighted by Gasteiger charge is 2.20. The first-order valence-electron chi connectivity index (χ1n) is 14.7. The van der Waals surface area contributed by atoms with Crippen LogP contribution in [0.1, 0.15) is 128 Å². The lowest BCUT2D eigenvalue weighted by atomic mass is 10.0. The van der Waals surface area contributed by atoms with Gasteiger partial charge in [-0.3, -0.25) is 14.4 Å². The predicted octanol–water partition coefficient (Wildman–Crippen LogP) is 6.11. The van der Waals surface area contributed by atoms with Crippen molar-refractivity contribution < 1.29 is 28.6 Å². The van der Waals surface area contributed by atoms with E-state index in [2.05, 4.69) is 4.90 Å². The summed E-state index contributed by atoms with van der Waals surface area (Å²) >= 11 is 0. The summed E-state index contributed by atoms with van der Waals surface area (Å²) in [6.07, 6.45) is 18.1. The molecule has 2 rings (SSSR count). The van der Waals surface area contributed by atoms with Crippen LogP contribution in [0.4, 0.5) is 0 Å². The lowest BCUT2D eigenvalue weighted by molar-refractivity contribution is -0.150. The van der Waals surface area contributed by atoms with E-state index in [-0.39, 0.29) is 36.2 Å². The summed E-state index contributed by atoms with van der Waals surface area (Å²) < 4.78 is 16.9. The minimum absolute atomic E-state index is 0.0720. The minimum atomic E-state index is -0.123. The quantitative estimate of drug-likeness (QED) is 0.118. The fourth-order valence-corrected chi connectivity index (χ4v) is 5.18. The van der Waals surface area contributed by atoms with Gasteiger partial charge in [0.15, 0.2) is 0 Å². The summed E-state index contributed by atoms with van der Waals surface area (Å²) in [4.78, 5) is 38.4. The summed E-state index contributed by atoms with van der Waals surface area (Å²) in [7, 11) is 4.00. The van der Waals surface area contributed by atoms with Crippen molar-refractivity contribution >= 4 is 17.9 Å². The predicted molar refractivity (Wildman–Crippen MR) is 141 cm³/mol. The van der Waals surface area contributed by atoms with Crippen LogP contribution in [0.15, 0.2) is 0 Å². The Bertz CT molecular complexity index is 585. The molecule has 2 saturated carbocycles. The van der Waals surface area contributed by atoms with Crippen LogP contribution in [-0.2, 0) is 28.6 Å². The third-order valence-corrected chi connectivity index (χ3v) is 7.30. The maximum atomic E-state index is 12.4. The second-order valence-electron chi connectivity index (χ2n) is 11.0.